The number of rotatable bonds is 9. The van der Waals surface area contributed by atoms with Gasteiger partial charge in [-0.25, -0.2) is 8.42 Å². The summed E-state index contributed by atoms with van der Waals surface area (Å²) in [5.41, 5.74) is 7.11. The largest absolute Gasteiger partial charge is 1.00 e. The number of hydrogen-bond acceptors (Lipinski definition) is 15. The number of nitrogens with zero attached hydrogens (tertiary/aromatic N) is 5. The van der Waals surface area contributed by atoms with Gasteiger partial charge in [-0.3, -0.25) is 14.1 Å². The monoisotopic (exact) mass is 870 g/mol. The molecule has 0 spiro atoms. The Hall–Kier alpha value is -3.16. The number of fused-ring (bicyclic) bond motifs is 2. The molecule has 0 saturated heterocycles. The summed E-state index contributed by atoms with van der Waals surface area (Å²) in [5.74, 6) is -1.50. The number of hydrogen-bond donors (Lipinski definition) is 3. The fourth-order valence-electron chi connectivity index (χ4n) is 5.51. The first-order valence-electron chi connectivity index (χ1n) is 15.5. The molecule has 6 rings (SSSR count). The molecule has 0 bridgehead atoms. The van der Waals surface area contributed by atoms with E-state index < -0.39 is 62.4 Å². The molecule has 0 amide bonds. The van der Waals surface area contributed by atoms with Crippen molar-refractivity contribution in [1.82, 2.24) is 0 Å². The Morgan fingerprint density at radius 1 is 0.621 bits per heavy atom. The van der Waals surface area contributed by atoms with E-state index >= 15 is 0 Å². The molecule has 6 aromatic carbocycles. The molecule has 17 nitrogen and oxygen atoms in total. The van der Waals surface area contributed by atoms with Crippen LogP contribution in [-0.4, -0.2) is 44.8 Å². The predicted octanol–water partition coefficient (Wildman–Crippen LogP) is -3.06. The number of benzene rings is 6. The number of azo groups is 2. The van der Waals surface area contributed by atoms with Crippen LogP contribution in [0.3, 0.4) is 0 Å². The van der Waals surface area contributed by atoms with E-state index in [0.29, 0.717) is 16.8 Å². The maximum atomic E-state index is 13.5. The molecule has 0 saturated carbocycles. The van der Waals surface area contributed by atoms with Gasteiger partial charge in [0.15, 0.2) is 0 Å². The quantitative estimate of drug-likeness (QED) is 0.0326. The van der Waals surface area contributed by atoms with Gasteiger partial charge in [-0.1, -0.05) is 30.0 Å². The van der Waals surface area contributed by atoms with E-state index in [-0.39, 0.29) is 139 Å². The maximum absolute atomic E-state index is 13.5. The topological polar surface area (TPSA) is 300 Å². The van der Waals surface area contributed by atoms with Gasteiger partial charge in [0.25, 0.3) is 20.2 Å². The third-order valence-electron chi connectivity index (χ3n) is 8.21. The molecule has 0 heterocycles. The molecule has 282 valence electrons. The second kappa shape index (κ2) is 19.0. The van der Waals surface area contributed by atoms with Gasteiger partial charge in [-0.2, -0.15) is 32.2 Å². The van der Waals surface area contributed by atoms with E-state index in [2.05, 4.69) is 25.4 Å². The summed E-state index contributed by atoms with van der Waals surface area (Å²) in [6, 6.07) is 19.2. The molecule has 0 aliphatic carbocycles. The maximum Gasteiger partial charge on any atom is 1.00 e. The fraction of sp³-hybridized carbons (Fsp3) is 0.0571. The van der Waals surface area contributed by atoms with Gasteiger partial charge >= 0.3 is 88.7 Å². The van der Waals surface area contributed by atoms with Crippen LogP contribution in [0.25, 0.3) is 21.5 Å². The van der Waals surface area contributed by atoms with E-state index in [1.165, 1.54) is 48.5 Å². The average Bonchev–Trinajstić information content (AvgIpc) is 3.10. The van der Waals surface area contributed by atoms with Crippen LogP contribution in [0.1, 0.15) is 16.7 Å². The van der Waals surface area contributed by atoms with Crippen LogP contribution in [0.2, 0.25) is 0 Å². The molecule has 0 aromatic heterocycles. The van der Waals surface area contributed by atoms with Gasteiger partial charge in [0.1, 0.15) is 19.9 Å². The Balaban J connectivity index is 0.00000300. The SMILES string of the molecule is Cc1cc(C([O-])=Nc2ccc3c([O-])c(N=Nc4ccc(N=Nc5cc(S(=O)(=O)O)c6cccc(S(=O)(=O)[O-])c6c5)c(C)c4)c(S(=O)(=O)O)cc3c2)ccc1N.[Na+].[Na+].[Na+]. The first kappa shape index (κ1) is 49.2. The van der Waals surface area contributed by atoms with Crippen molar-refractivity contribution < 1.29 is 138 Å². The zero-order chi connectivity index (χ0) is 40.0. The van der Waals surface area contributed by atoms with Crippen molar-refractivity contribution in [2.24, 2.45) is 25.4 Å². The van der Waals surface area contributed by atoms with Crippen LogP contribution >= 0.6 is 0 Å². The molecular formula is C35H25N6Na3O11S3. The Labute approximate surface area is 398 Å². The summed E-state index contributed by atoms with van der Waals surface area (Å²) in [6.45, 7) is 3.29. The van der Waals surface area contributed by atoms with Crippen molar-refractivity contribution in [3.63, 3.8) is 0 Å². The zero-order valence-electron chi connectivity index (χ0n) is 31.3. The summed E-state index contributed by atoms with van der Waals surface area (Å²) < 4.78 is 104. The standard InChI is InChI=1S/C35H28N6O11S3.3Na/c1-18-12-20(6-10-28(18)36)35(43)37-22-7-9-25-21(14-22)15-32(55(50,51)52)33(34(25)42)41-38-23-8-11-29(19(2)13-23)40-39-24-16-27-26(31(17-24)54(47,48)49)4-3-5-30(27)53(44,45)46;;;/h3-17,42H,36H2,1-2H3,(H,37,43)(H,44,45,46)(H,47,48,49)(H,50,51,52);;;/q;3*+1/p-3. The van der Waals surface area contributed by atoms with E-state index in [4.69, 9.17) is 5.73 Å². The molecule has 0 atom stereocenters. The molecule has 58 heavy (non-hydrogen) atoms. The minimum absolute atomic E-state index is 0. The van der Waals surface area contributed by atoms with Crippen molar-refractivity contribution >= 4 is 91.9 Å². The van der Waals surface area contributed by atoms with Crippen LogP contribution in [0.4, 0.5) is 34.1 Å². The predicted molar refractivity (Wildman–Crippen MR) is 196 cm³/mol. The molecule has 0 fully saturated rings. The number of aliphatic imine (C=N–C) groups is 1. The van der Waals surface area contributed by atoms with Crippen molar-refractivity contribution in [3.8, 4) is 5.75 Å². The molecule has 4 N–H and O–H groups in total. The number of nitrogens with two attached hydrogens (primary N) is 1. The summed E-state index contributed by atoms with van der Waals surface area (Å²) in [5, 5.41) is 41.6. The molecular weight excluding hydrogens is 846 g/mol. The molecule has 23 heteroatoms. The van der Waals surface area contributed by atoms with Gasteiger partial charge in [0.05, 0.1) is 33.3 Å². The summed E-state index contributed by atoms with van der Waals surface area (Å²) >= 11 is 0. The summed E-state index contributed by atoms with van der Waals surface area (Å²) in [6.07, 6.45) is 0. The van der Waals surface area contributed by atoms with Gasteiger partial charge in [-0.15, -0.1) is 5.11 Å². The second-order valence-electron chi connectivity index (χ2n) is 12.0. The van der Waals surface area contributed by atoms with Gasteiger partial charge < -0.3 is 20.5 Å². The Morgan fingerprint density at radius 3 is 1.90 bits per heavy atom. The van der Waals surface area contributed by atoms with Crippen LogP contribution in [0, 0.1) is 13.8 Å². The van der Waals surface area contributed by atoms with Gasteiger partial charge in [-0.05, 0) is 114 Å². The summed E-state index contributed by atoms with van der Waals surface area (Å²) in [7, 11) is -15.0. The number of nitrogen functional groups attached to an aromatic ring is 1. The molecule has 6 aromatic rings. The smallest absolute Gasteiger partial charge is 0.871 e. The van der Waals surface area contributed by atoms with Gasteiger partial charge in [0.2, 0.25) is 0 Å². The molecule has 0 aliphatic rings. The van der Waals surface area contributed by atoms with Crippen molar-refractivity contribution in [3.05, 3.63) is 108 Å². The van der Waals surface area contributed by atoms with Crippen LogP contribution in [-0.2, 0) is 30.4 Å². The van der Waals surface area contributed by atoms with Crippen molar-refractivity contribution in [2.45, 2.75) is 28.5 Å². The molecule has 0 aliphatic heterocycles. The molecule has 0 unspecified atom stereocenters. The first-order valence-corrected chi connectivity index (χ1v) is 19.8. The van der Waals surface area contributed by atoms with Gasteiger partial charge in [0, 0.05) is 16.5 Å². The normalized spacial score (nSPS) is 12.4. The van der Waals surface area contributed by atoms with Crippen molar-refractivity contribution in [2.75, 3.05) is 5.73 Å². The minimum Gasteiger partial charge on any atom is -0.871 e. The number of anilines is 1. The van der Waals surface area contributed by atoms with Crippen molar-refractivity contribution in [1.29, 1.82) is 0 Å². The van der Waals surface area contributed by atoms with E-state index in [1.807, 2.05) is 0 Å². The van der Waals surface area contributed by atoms with E-state index in [0.717, 1.165) is 30.3 Å². The Morgan fingerprint density at radius 2 is 1.28 bits per heavy atom. The minimum atomic E-state index is -5.06. The van der Waals surface area contributed by atoms with Crippen LogP contribution in [0.5, 0.6) is 5.75 Å². The van der Waals surface area contributed by atoms with Crippen LogP contribution < -0.4 is 105 Å². The zero-order valence-corrected chi connectivity index (χ0v) is 39.7. The summed E-state index contributed by atoms with van der Waals surface area (Å²) in [4.78, 5) is 1.75. The second-order valence-corrected chi connectivity index (χ2v) is 16.1. The Kier molecular flexibility index (Phi) is 16.2. The third kappa shape index (κ3) is 11.0. The first-order chi connectivity index (χ1) is 25.7. The molecule has 0 radical (unpaired) electrons. The van der Waals surface area contributed by atoms with Crippen LogP contribution in [0.15, 0.2) is 131 Å². The van der Waals surface area contributed by atoms with E-state index in [9.17, 15) is 49.1 Å². The fourth-order valence-corrected chi connectivity index (χ4v) is 7.57. The number of aryl methyl sites for hydroxylation is 2. The van der Waals surface area contributed by atoms with E-state index in [1.54, 1.807) is 26.0 Å². The Bertz CT molecular complexity index is 3040. The third-order valence-corrected chi connectivity index (χ3v) is 10.9. The average molecular weight is 871 g/mol.